The van der Waals surface area contributed by atoms with E-state index in [1.54, 1.807) is 0 Å². The first-order valence-electron chi connectivity index (χ1n) is 3.95. The highest BCUT2D eigenvalue weighted by atomic mass is 79.9. The summed E-state index contributed by atoms with van der Waals surface area (Å²) in [6, 6.07) is 6.58. The zero-order valence-electron chi connectivity index (χ0n) is 7.10. The van der Waals surface area contributed by atoms with Crippen LogP contribution in [0.2, 0.25) is 0 Å². The number of hydrogen-bond acceptors (Lipinski definition) is 1. The third-order valence-electron chi connectivity index (χ3n) is 1.93. The molecule has 3 heteroatoms. The van der Waals surface area contributed by atoms with Crippen molar-refractivity contribution in [3.63, 3.8) is 0 Å². The molecule has 2 rings (SSSR count). The molecule has 0 unspecified atom stereocenters. The maximum Gasteiger partial charge on any atom is 0.0386 e. The summed E-state index contributed by atoms with van der Waals surface area (Å²) in [4.78, 5) is 1.37. The van der Waals surface area contributed by atoms with Crippen molar-refractivity contribution in [1.82, 2.24) is 0 Å². The average Bonchev–Trinajstić information content (AvgIpc) is 2.43. The lowest BCUT2D eigenvalue weighted by Crippen LogP contribution is -1.77. The van der Waals surface area contributed by atoms with Gasteiger partial charge >= 0.3 is 0 Å². The predicted molar refractivity (Wildman–Crippen MR) is 66.9 cm³/mol. The highest BCUT2D eigenvalue weighted by molar-refractivity contribution is 9.10. The van der Waals surface area contributed by atoms with Crippen LogP contribution in [0, 0.1) is 6.92 Å². The molecule has 0 N–H and O–H groups in total. The van der Waals surface area contributed by atoms with Crippen molar-refractivity contribution >= 4 is 53.3 Å². The zero-order valence-corrected chi connectivity index (χ0v) is 11.1. The van der Waals surface area contributed by atoms with E-state index >= 15 is 0 Å². The largest absolute Gasteiger partial charge is 0.140 e. The summed E-state index contributed by atoms with van der Waals surface area (Å²) in [7, 11) is 0. The molecule has 0 radical (unpaired) electrons. The van der Waals surface area contributed by atoms with Crippen LogP contribution in [0.15, 0.2) is 22.7 Å². The summed E-state index contributed by atoms with van der Waals surface area (Å²) < 4.78 is 2.56. The Morgan fingerprint density at radius 1 is 1.31 bits per heavy atom. The van der Waals surface area contributed by atoms with E-state index in [4.69, 9.17) is 0 Å². The van der Waals surface area contributed by atoms with E-state index in [0.717, 1.165) is 9.80 Å². The highest BCUT2D eigenvalue weighted by Crippen LogP contribution is 2.32. The van der Waals surface area contributed by atoms with Gasteiger partial charge in [-0.25, -0.2) is 0 Å². The van der Waals surface area contributed by atoms with E-state index in [1.165, 1.54) is 20.5 Å². The van der Waals surface area contributed by atoms with Crippen molar-refractivity contribution in [2.24, 2.45) is 0 Å². The molecule has 1 aromatic heterocycles. The van der Waals surface area contributed by atoms with E-state index in [0.29, 0.717) is 0 Å². The van der Waals surface area contributed by atoms with Crippen molar-refractivity contribution in [2.75, 3.05) is 0 Å². The molecule has 68 valence electrons. The van der Waals surface area contributed by atoms with Gasteiger partial charge in [0.05, 0.1) is 0 Å². The molecule has 0 nitrogen and oxygen atoms in total. The van der Waals surface area contributed by atoms with Gasteiger partial charge in [-0.3, -0.25) is 0 Å². The smallest absolute Gasteiger partial charge is 0.0386 e. The van der Waals surface area contributed by atoms with Gasteiger partial charge in [0.1, 0.15) is 0 Å². The first-order chi connectivity index (χ1) is 6.20. The van der Waals surface area contributed by atoms with Crippen molar-refractivity contribution in [2.45, 2.75) is 12.3 Å². The number of alkyl halides is 1. The Labute approximate surface area is 98.2 Å². The Balaban J connectivity index is 2.80. The molecule has 0 amide bonds. The molecule has 1 heterocycles. The Bertz CT molecular complexity index is 445. The number of fused-ring (bicyclic) bond motifs is 1. The minimum atomic E-state index is 0.920. The van der Waals surface area contributed by atoms with Crippen LogP contribution < -0.4 is 0 Å². The number of aryl methyl sites for hydroxylation is 1. The third kappa shape index (κ3) is 1.83. The van der Waals surface area contributed by atoms with Gasteiger partial charge in [0.25, 0.3) is 0 Å². The topological polar surface area (TPSA) is 0 Å². The Hall–Kier alpha value is 0.140. The molecule has 0 aliphatic carbocycles. The number of halogens is 2. The van der Waals surface area contributed by atoms with E-state index in [9.17, 15) is 0 Å². The molecule has 0 bridgehead atoms. The number of thiophene rings is 1. The van der Waals surface area contributed by atoms with Crippen molar-refractivity contribution in [3.8, 4) is 0 Å². The average molecular weight is 320 g/mol. The Kier molecular flexibility index (Phi) is 2.77. The Morgan fingerprint density at radius 2 is 2.08 bits per heavy atom. The molecule has 0 saturated carbocycles. The van der Waals surface area contributed by atoms with Gasteiger partial charge in [-0.1, -0.05) is 31.9 Å². The molecule has 0 fully saturated rings. The molecule has 0 spiro atoms. The Morgan fingerprint density at radius 3 is 2.77 bits per heavy atom. The molecule has 0 saturated heterocycles. The highest BCUT2D eigenvalue weighted by Gasteiger charge is 2.04. The van der Waals surface area contributed by atoms with Gasteiger partial charge in [-0.05, 0) is 36.1 Å². The maximum absolute atomic E-state index is 3.52. The number of rotatable bonds is 1. The second kappa shape index (κ2) is 3.71. The van der Waals surface area contributed by atoms with E-state index in [-0.39, 0.29) is 0 Å². The van der Waals surface area contributed by atoms with Crippen LogP contribution in [0.25, 0.3) is 10.1 Å². The van der Waals surface area contributed by atoms with Crippen molar-refractivity contribution in [3.05, 3.63) is 33.1 Å². The van der Waals surface area contributed by atoms with Crippen molar-refractivity contribution in [1.29, 1.82) is 0 Å². The van der Waals surface area contributed by atoms with Crippen molar-refractivity contribution < 1.29 is 0 Å². The molecular formula is C10H8Br2S. The fourth-order valence-corrected chi connectivity index (χ4v) is 3.57. The lowest BCUT2D eigenvalue weighted by atomic mass is 10.2. The van der Waals surface area contributed by atoms with Crippen LogP contribution in [0.3, 0.4) is 0 Å². The van der Waals surface area contributed by atoms with E-state index < -0.39 is 0 Å². The lowest BCUT2D eigenvalue weighted by molar-refractivity contribution is 1.49. The lowest BCUT2D eigenvalue weighted by Gasteiger charge is -1.98. The van der Waals surface area contributed by atoms with Gasteiger partial charge in [0, 0.05) is 19.4 Å². The standard InChI is InChI=1S/C10H8Br2S/c1-6-2-7-3-9(12)4-8(5-11)10(7)13-6/h2-4H,5H2,1H3. The second-order valence-corrected chi connectivity index (χ2v) is 5.71. The normalized spacial score (nSPS) is 11.0. The summed E-state index contributed by atoms with van der Waals surface area (Å²) in [6.07, 6.45) is 0. The van der Waals surface area contributed by atoms with E-state index in [2.05, 4.69) is 57.0 Å². The zero-order chi connectivity index (χ0) is 9.42. The van der Waals surface area contributed by atoms with Crippen LogP contribution in [-0.4, -0.2) is 0 Å². The van der Waals surface area contributed by atoms with Gasteiger partial charge in [0.15, 0.2) is 0 Å². The summed E-state index contributed by atoms with van der Waals surface area (Å²) in [5.41, 5.74) is 1.36. The minimum absolute atomic E-state index is 0.920. The maximum atomic E-state index is 3.52. The minimum Gasteiger partial charge on any atom is -0.140 e. The molecule has 0 aliphatic heterocycles. The van der Waals surface area contributed by atoms with Crippen LogP contribution >= 0.6 is 43.2 Å². The molecule has 0 atom stereocenters. The summed E-state index contributed by atoms with van der Waals surface area (Å²) in [6.45, 7) is 2.15. The summed E-state index contributed by atoms with van der Waals surface area (Å²) >= 11 is 8.89. The molecule has 1 aromatic carbocycles. The predicted octanol–water partition coefficient (Wildman–Crippen LogP) is 4.87. The number of benzene rings is 1. The first-order valence-corrected chi connectivity index (χ1v) is 6.68. The number of hydrogen-bond donors (Lipinski definition) is 0. The van der Waals surface area contributed by atoms with Gasteiger partial charge < -0.3 is 0 Å². The fraction of sp³-hybridized carbons (Fsp3) is 0.200. The molecule has 2 aromatic rings. The third-order valence-corrected chi connectivity index (χ3v) is 4.13. The molecule has 0 aliphatic rings. The summed E-state index contributed by atoms with van der Waals surface area (Å²) in [5.74, 6) is 0. The van der Waals surface area contributed by atoms with Crippen LogP contribution in [0.4, 0.5) is 0 Å². The van der Waals surface area contributed by atoms with Crippen LogP contribution in [-0.2, 0) is 5.33 Å². The first kappa shape index (κ1) is 9.69. The monoisotopic (exact) mass is 318 g/mol. The second-order valence-electron chi connectivity index (χ2n) is 2.97. The summed E-state index contributed by atoms with van der Waals surface area (Å²) in [5, 5.41) is 2.26. The quantitative estimate of drug-likeness (QED) is 0.658. The van der Waals surface area contributed by atoms with E-state index in [1.807, 2.05) is 11.3 Å². The van der Waals surface area contributed by atoms with Gasteiger partial charge in [-0.2, -0.15) is 0 Å². The molecule has 13 heavy (non-hydrogen) atoms. The van der Waals surface area contributed by atoms with Gasteiger partial charge in [0.2, 0.25) is 0 Å². The molecular weight excluding hydrogens is 312 g/mol. The van der Waals surface area contributed by atoms with Crippen LogP contribution in [0.5, 0.6) is 0 Å². The SMILES string of the molecule is Cc1cc2cc(Br)cc(CBr)c2s1. The fourth-order valence-electron chi connectivity index (χ4n) is 1.41. The van der Waals surface area contributed by atoms with Crippen LogP contribution in [0.1, 0.15) is 10.4 Å². The van der Waals surface area contributed by atoms with Gasteiger partial charge in [-0.15, -0.1) is 11.3 Å².